The molecule has 0 heterocycles. The molecular formula is C11H24O. The third-order valence-electron chi connectivity index (χ3n) is 2.42. The van der Waals surface area contributed by atoms with Gasteiger partial charge in [0.15, 0.2) is 0 Å². The van der Waals surface area contributed by atoms with Crippen molar-refractivity contribution in [2.45, 2.75) is 58.8 Å². The van der Waals surface area contributed by atoms with Crippen LogP contribution in [-0.2, 0) is 0 Å². The van der Waals surface area contributed by atoms with E-state index in [9.17, 15) is 0 Å². The summed E-state index contributed by atoms with van der Waals surface area (Å²) in [6, 6.07) is 0. The summed E-state index contributed by atoms with van der Waals surface area (Å²) >= 11 is 0. The molecule has 0 saturated heterocycles. The van der Waals surface area contributed by atoms with E-state index in [1.54, 1.807) is 0 Å². The Morgan fingerprint density at radius 1 is 0.917 bits per heavy atom. The number of hydrogen-bond donors (Lipinski definition) is 1. The molecular weight excluding hydrogens is 148 g/mol. The van der Waals surface area contributed by atoms with Gasteiger partial charge in [0, 0.05) is 6.61 Å². The molecule has 1 heteroatoms. The van der Waals surface area contributed by atoms with Crippen LogP contribution in [0.5, 0.6) is 0 Å². The van der Waals surface area contributed by atoms with Crippen LogP contribution < -0.4 is 0 Å². The van der Waals surface area contributed by atoms with Gasteiger partial charge in [0.05, 0.1) is 0 Å². The molecule has 0 aliphatic carbocycles. The molecule has 0 fully saturated rings. The Balaban J connectivity index is 3.19. The van der Waals surface area contributed by atoms with Gasteiger partial charge in [-0.3, -0.25) is 0 Å². The maximum absolute atomic E-state index is 9.01. The van der Waals surface area contributed by atoms with Gasteiger partial charge in [-0.15, -0.1) is 0 Å². The molecule has 0 saturated carbocycles. The molecule has 0 radical (unpaired) electrons. The van der Waals surface area contributed by atoms with Crippen LogP contribution in [0.2, 0.25) is 0 Å². The van der Waals surface area contributed by atoms with Crippen LogP contribution in [0.15, 0.2) is 0 Å². The van der Waals surface area contributed by atoms with Gasteiger partial charge < -0.3 is 5.11 Å². The van der Waals surface area contributed by atoms with E-state index in [2.05, 4.69) is 13.8 Å². The Kier molecular flexibility index (Phi) is 9.02. The van der Waals surface area contributed by atoms with E-state index >= 15 is 0 Å². The molecule has 0 aliphatic heterocycles. The van der Waals surface area contributed by atoms with E-state index in [0.717, 1.165) is 0 Å². The Labute approximate surface area is 77.2 Å². The molecule has 0 spiro atoms. The fourth-order valence-corrected chi connectivity index (χ4v) is 1.59. The number of unbranched alkanes of at least 4 members (excludes halogenated alkanes) is 3. The van der Waals surface area contributed by atoms with Gasteiger partial charge in [-0.25, -0.2) is 0 Å². The van der Waals surface area contributed by atoms with E-state index < -0.39 is 0 Å². The highest BCUT2D eigenvalue weighted by Gasteiger charge is 2.04. The van der Waals surface area contributed by atoms with Gasteiger partial charge in [0.25, 0.3) is 0 Å². The largest absolute Gasteiger partial charge is 0.396 e. The van der Waals surface area contributed by atoms with Crippen molar-refractivity contribution in [2.75, 3.05) is 6.61 Å². The van der Waals surface area contributed by atoms with Gasteiger partial charge in [-0.2, -0.15) is 0 Å². The first-order chi connectivity index (χ1) is 5.85. The van der Waals surface area contributed by atoms with Crippen molar-refractivity contribution in [3.8, 4) is 0 Å². The summed E-state index contributed by atoms with van der Waals surface area (Å²) in [4.78, 5) is 0. The van der Waals surface area contributed by atoms with E-state index in [-0.39, 0.29) is 0 Å². The summed E-state index contributed by atoms with van der Waals surface area (Å²) in [7, 11) is 0. The number of aliphatic hydroxyl groups is 1. The van der Waals surface area contributed by atoms with Crippen molar-refractivity contribution < 1.29 is 5.11 Å². The summed E-state index contributed by atoms with van der Waals surface area (Å²) in [5.74, 6) is 0.576. The smallest absolute Gasteiger partial charge is 0.0459 e. The minimum Gasteiger partial charge on any atom is -0.396 e. The lowest BCUT2D eigenvalue weighted by atomic mass is 9.97. The fraction of sp³-hybridized carbons (Fsp3) is 1.00. The normalized spacial score (nSPS) is 13.2. The molecule has 74 valence electrons. The quantitative estimate of drug-likeness (QED) is 0.557. The van der Waals surface area contributed by atoms with Crippen molar-refractivity contribution in [1.82, 2.24) is 0 Å². The van der Waals surface area contributed by atoms with Crippen LogP contribution in [0.25, 0.3) is 0 Å². The van der Waals surface area contributed by atoms with Crippen molar-refractivity contribution in [1.29, 1.82) is 0 Å². The third kappa shape index (κ3) is 6.66. The topological polar surface area (TPSA) is 20.2 Å². The van der Waals surface area contributed by atoms with E-state index in [1.807, 2.05) is 0 Å². The lowest BCUT2D eigenvalue weighted by Gasteiger charge is -2.11. The molecule has 0 aromatic rings. The fourth-order valence-electron chi connectivity index (χ4n) is 1.59. The zero-order valence-electron chi connectivity index (χ0n) is 8.68. The summed E-state index contributed by atoms with van der Waals surface area (Å²) in [6.07, 6.45) is 8.93. The standard InChI is InChI=1S/C11H24O/c1-3-5-6-7-9-11(10-12)8-4-2/h11-12H,3-10H2,1-2H3. The highest BCUT2D eigenvalue weighted by atomic mass is 16.3. The Morgan fingerprint density at radius 2 is 1.67 bits per heavy atom. The molecule has 0 rings (SSSR count). The molecule has 0 aliphatic rings. The molecule has 0 amide bonds. The van der Waals surface area contributed by atoms with Crippen LogP contribution in [0.1, 0.15) is 58.8 Å². The first-order valence-electron chi connectivity index (χ1n) is 5.46. The minimum atomic E-state index is 0.389. The third-order valence-corrected chi connectivity index (χ3v) is 2.42. The molecule has 12 heavy (non-hydrogen) atoms. The number of rotatable bonds is 8. The first-order valence-corrected chi connectivity index (χ1v) is 5.46. The lowest BCUT2D eigenvalue weighted by Crippen LogP contribution is -2.05. The maximum Gasteiger partial charge on any atom is 0.0459 e. The molecule has 1 N–H and O–H groups in total. The monoisotopic (exact) mass is 172 g/mol. The average molecular weight is 172 g/mol. The average Bonchev–Trinajstić information content (AvgIpc) is 2.10. The van der Waals surface area contributed by atoms with E-state index in [1.165, 1.54) is 44.9 Å². The predicted molar refractivity (Wildman–Crippen MR) is 54.2 cm³/mol. The molecule has 1 nitrogen and oxygen atoms in total. The van der Waals surface area contributed by atoms with Crippen LogP contribution in [-0.4, -0.2) is 11.7 Å². The molecule has 1 atom stereocenters. The van der Waals surface area contributed by atoms with Crippen molar-refractivity contribution in [2.24, 2.45) is 5.92 Å². The van der Waals surface area contributed by atoms with Crippen LogP contribution in [0, 0.1) is 5.92 Å². The lowest BCUT2D eigenvalue weighted by molar-refractivity contribution is 0.206. The zero-order valence-corrected chi connectivity index (χ0v) is 8.68. The molecule has 0 aromatic heterocycles. The minimum absolute atomic E-state index is 0.389. The SMILES string of the molecule is CCCCCCC(CO)CCC. The van der Waals surface area contributed by atoms with Crippen molar-refractivity contribution in [3.05, 3.63) is 0 Å². The van der Waals surface area contributed by atoms with Gasteiger partial charge in [0.2, 0.25) is 0 Å². The maximum atomic E-state index is 9.01. The van der Waals surface area contributed by atoms with E-state index in [0.29, 0.717) is 12.5 Å². The first kappa shape index (κ1) is 12.0. The Morgan fingerprint density at radius 3 is 2.17 bits per heavy atom. The van der Waals surface area contributed by atoms with Gasteiger partial charge in [-0.1, -0.05) is 46.0 Å². The number of hydrogen-bond acceptors (Lipinski definition) is 1. The molecule has 1 unspecified atom stereocenters. The Bertz CT molecular complexity index is 81.1. The molecule has 0 aromatic carbocycles. The predicted octanol–water partition coefficient (Wildman–Crippen LogP) is 3.37. The van der Waals surface area contributed by atoms with E-state index in [4.69, 9.17) is 5.11 Å². The van der Waals surface area contributed by atoms with Crippen LogP contribution in [0.4, 0.5) is 0 Å². The summed E-state index contributed by atoms with van der Waals surface area (Å²) in [6.45, 7) is 4.81. The van der Waals surface area contributed by atoms with Crippen molar-refractivity contribution >= 4 is 0 Å². The highest BCUT2D eigenvalue weighted by Crippen LogP contribution is 2.15. The van der Waals surface area contributed by atoms with Gasteiger partial charge in [0.1, 0.15) is 0 Å². The highest BCUT2D eigenvalue weighted by molar-refractivity contribution is 4.57. The van der Waals surface area contributed by atoms with Gasteiger partial charge in [-0.05, 0) is 18.8 Å². The van der Waals surface area contributed by atoms with Crippen molar-refractivity contribution in [3.63, 3.8) is 0 Å². The second-order valence-electron chi connectivity index (χ2n) is 3.69. The molecule has 0 bridgehead atoms. The summed E-state index contributed by atoms with van der Waals surface area (Å²) in [5, 5.41) is 9.01. The second kappa shape index (κ2) is 9.05. The summed E-state index contributed by atoms with van der Waals surface area (Å²) in [5.41, 5.74) is 0. The van der Waals surface area contributed by atoms with Crippen LogP contribution >= 0.6 is 0 Å². The van der Waals surface area contributed by atoms with Crippen LogP contribution in [0.3, 0.4) is 0 Å². The number of aliphatic hydroxyl groups excluding tert-OH is 1. The summed E-state index contributed by atoms with van der Waals surface area (Å²) < 4.78 is 0. The Hall–Kier alpha value is -0.0400. The second-order valence-corrected chi connectivity index (χ2v) is 3.69. The van der Waals surface area contributed by atoms with Gasteiger partial charge >= 0.3 is 0 Å². The zero-order chi connectivity index (χ0) is 9.23.